The van der Waals surface area contributed by atoms with Crippen LogP contribution in [-0.4, -0.2) is 33.5 Å². The summed E-state index contributed by atoms with van der Waals surface area (Å²) in [6.07, 6.45) is -1.85. The van der Waals surface area contributed by atoms with Crippen molar-refractivity contribution in [3.8, 4) is 17.3 Å². The molecule has 8 heteroatoms. The van der Waals surface area contributed by atoms with Gasteiger partial charge in [-0.15, -0.1) is 0 Å². The molecule has 1 amide bonds. The van der Waals surface area contributed by atoms with Crippen LogP contribution in [0.25, 0.3) is 11.3 Å². The van der Waals surface area contributed by atoms with E-state index in [-0.39, 0.29) is 24.8 Å². The molecule has 1 heterocycles. The first kappa shape index (κ1) is 22.8. The van der Waals surface area contributed by atoms with Crippen LogP contribution in [0.15, 0.2) is 42.6 Å². The zero-order chi connectivity index (χ0) is 22.8. The van der Waals surface area contributed by atoms with E-state index in [0.29, 0.717) is 17.7 Å². The molecule has 164 valence electrons. The number of aryl methyl sites for hydroxylation is 1. The van der Waals surface area contributed by atoms with Crippen LogP contribution in [0.1, 0.15) is 49.8 Å². The fourth-order valence-electron chi connectivity index (χ4n) is 3.95. The van der Waals surface area contributed by atoms with Crippen LogP contribution < -0.4 is 5.73 Å². The summed E-state index contributed by atoms with van der Waals surface area (Å²) in [5.41, 5.74) is 6.44. The number of benzene rings is 1. The van der Waals surface area contributed by atoms with Crippen molar-refractivity contribution in [3.05, 3.63) is 53.7 Å². The highest BCUT2D eigenvalue weighted by atomic mass is 19.4. The van der Waals surface area contributed by atoms with Gasteiger partial charge in [0.2, 0.25) is 5.91 Å². The number of nitriles is 1. The lowest BCUT2D eigenvalue weighted by atomic mass is 9.95. The van der Waals surface area contributed by atoms with Crippen LogP contribution in [-0.2, 0) is 4.79 Å². The maximum Gasteiger partial charge on any atom is 0.408 e. The summed E-state index contributed by atoms with van der Waals surface area (Å²) < 4.78 is 43.1. The summed E-state index contributed by atoms with van der Waals surface area (Å²) in [6, 6.07) is 8.34. The molecular weight excluding hydrogens is 405 g/mol. The Balaban J connectivity index is 2.06. The van der Waals surface area contributed by atoms with Crippen molar-refractivity contribution in [2.45, 2.75) is 63.3 Å². The number of carbonyl (C=O) groups is 1. The molecule has 1 aromatic carbocycles. The molecule has 1 saturated carbocycles. The van der Waals surface area contributed by atoms with Crippen LogP contribution in [0, 0.1) is 18.3 Å². The first-order valence-corrected chi connectivity index (χ1v) is 10.2. The van der Waals surface area contributed by atoms with E-state index in [1.807, 2.05) is 19.1 Å². The molecule has 0 aliphatic heterocycles. The second-order valence-electron chi connectivity index (χ2n) is 8.04. The van der Waals surface area contributed by atoms with Gasteiger partial charge in [-0.05, 0) is 43.4 Å². The van der Waals surface area contributed by atoms with E-state index in [4.69, 9.17) is 5.73 Å². The molecule has 3 rings (SSSR count). The average Bonchev–Trinajstić information content (AvgIpc) is 3.51. The Hall–Kier alpha value is -2.92. The fourth-order valence-corrected chi connectivity index (χ4v) is 3.95. The van der Waals surface area contributed by atoms with E-state index in [9.17, 15) is 23.2 Å². The highest BCUT2D eigenvalue weighted by Gasteiger charge is 2.60. The topological polar surface area (TPSA) is 83.0 Å². The van der Waals surface area contributed by atoms with Crippen LogP contribution in [0.5, 0.6) is 0 Å². The van der Waals surface area contributed by atoms with Crippen molar-refractivity contribution >= 4 is 5.91 Å². The van der Waals surface area contributed by atoms with Crippen LogP contribution in [0.2, 0.25) is 0 Å². The van der Waals surface area contributed by atoms with Gasteiger partial charge < -0.3 is 5.73 Å². The smallest absolute Gasteiger partial charge is 0.368 e. The molecule has 1 aliphatic rings. The predicted molar refractivity (Wildman–Crippen MR) is 111 cm³/mol. The summed E-state index contributed by atoms with van der Waals surface area (Å²) in [7, 11) is 0. The minimum Gasteiger partial charge on any atom is -0.368 e. The summed E-state index contributed by atoms with van der Waals surface area (Å²) in [6.45, 7) is 3.67. The third-order valence-corrected chi connectivity index (χ3v) is 5.67. The van der Waals surface area contributed by atoms with Crippen molar-refractivity contribution in [2.24, 2.45) is 5.73 Å². The van der Waals surface area contributed by atoms with E-state index in [1.165, 1.54) is 12.1 Å². The lowest BCUT2D eigenvalue weighted by Gasteiger charge is -2.41. The maximum absolute atomic E-state index is 14.4. The van der Waals surface area contributed by atoms with Crippen LogP contribution in [0.4, 0.5) is 13.2 Å². The minimum absolute atomic E-state index is 0.0350. The molecule has 5 nitrogen and oxygen atoms in total. The second-order valence-corrected chi connectivity index (χ2v) is 8.04. The third-order valence-electron chi connectivity index (χ3n) is 5.67. The van der Waals surface area contributed by atoms with E-state index in [1.54, 1.807) is 31.3 Å². The van der Waals surface area contributed by atoms with Crippen molar-refractivity contribution in [1.82, 2.24) is 9.88 Å². The van der Waals surface area contributed by atoms with E-state index in [2.05, 4.69) is 4.98 Å². The zero-order valence-electron chi connectivity index (χ0n) is 17.5. The van der Waals surface area contributed by atoms with Crippen LogP contribution >= 0.6 is 0 Å². The number of carbonyl (C=O) groups excluding carboxylic acids is 1. The number of amides is 1. The number of primary amides is 1. The number of nitrogens with two attached hydrogens (primary N) is 1. The number of alkyl halides is 3. The van der Waals surface area contributed by atoms with Gasteiger partial charge in [0.05, 0.1) is 17.8 Å². The molecule has 31 heavy (non-hydrogen) atoms. The van der Waals surface area contributed by atoms with Gasteiger partial charge in [-0.1, -0.05) is 43.7 Å². The molecule has 2 atom stereocenters. The van der Waals surface area contributed by atoms with E-state index >= 15 is 0 Å². The second kappa shape index (κ2) is 8.67. The van der Waals surface area contributed by atoms with Crippen LogP contribution in [0.3, 0.4) is 0 Å². The Labute approximate surface area is 179 Å². The fraction of sp³-hybridized carbons (Fsp3) is 0.435. The summed E-state index contributed by atoms with van der Waals surface area (Å²) in [5, 5.41) is 9.68. The largest absolute Gasteiger partial charge is 0.408 e. The molecule has 0 radical (unpaired) electrons. The maximum atomic E-state index is 14.4. The molecule has 1 aliphatic carbocycles. The molecule has 2 N–H and O–H groups in total. The number of hydrogen-bond acceptors (Lipinski definition) is 4. The lowest BCUT2D eigenvalue weighted by Crippen LogP contribution is -2.55. The van der Waals surface area contributed by atoms with E-state index < -0.39 is 29.7 Å². The standard InChI is InChI=1S/C23H25F3N4O/c1-3-4-19(21(28)31)30(22(14-27)11-12-22)20(23(24,25)26)17-8-6-16(7-9-17)18-10-5-15(2)13-29-18/h5-10,13,19-20H,3-4,11-12H2,1-2H3,(H2,28,31)/t19-,20-/m0/s1. The molecule has 0 spiro atoms. The summed E-state index contributed by atoms with van der Waals surface area (Å²) in [5.74, 6) is -0.849. The normalized spacial score (nSPS) is 17.1. The highest BCUT2D eigenvalue weighted by Crippen LogP contribution is 2.51. The Morgan fingerprint density at radius 3 is 2.32 bits per heavy atom. The SMILES string of the molecule is CCC[C@@H](C(N)=O)N([C@@H](c1ccc(-c2ccc(C)cn2)cc1)C(F)(F)F)C1(C#N)CC1. The monoisotopic (exact) mass is 430 g/mol. The average molecular weight is 430 g/mol. The Morgan fingerprint density at radius 1 is 1.26 bits per heavy atom. The Bertz CT molecular complexity index is 960. The van der Waals surface area contributed by atoms with Gasteiger partial charge in [0, 0.05) is 11.8 Å². The molecule has 0 saturated heterocycles. The van der Waals surface area contributed by atoms with Crippen molar-refractivity contribution in [1.29, 1.82) is 5.26 Å². The Kier molecular flexibility index (Phi) is 6.37. The third kappa shape index (κ3) is 4.72. The van der Waals surface area contributed by atoms with Gasteiger partial charge in [0.1, 0.15) is 11.6 Å². The molecular formula is C23H25F3N4O. The number of pyridine rings is 1. The summed E-state index contributed by atoms with van der Waals surface area (Å²) in [4.78, 5) is 17.5. The number of rotatable bonds is 8. The Morgan fingerprint density at radius 2 is 1.90 bits per heavy atom. The number of halogens is 3. The predicted octanol–water partition coefficient (Wildman–Crippen LogP) is 4.67. The van der Waals surface area contributed by atoms with Gasteiger partial charge in [-0.3, -0.25) is 14.7 Å². The first-order chi connectivity index (χ1) is 14.6. The van der Waals surface area contributed by atoms with Crippen molar-refractivity contribution in [2.75, 3.05) is 0 Å². The quantitative estimate of drug-likeness (QED) is 0.660. The van der Waals surface area contributed by atoms with Crippen molar-refractivity contribution < 1.29 is 18.0 Å². The van der Waals surface area contributed by atoms with Gasteiger partial charge in [0.15, 0.2) is 0 Å². The molecule has 0 bridgehead atoms. The van der Waals surface area contributed by atoms with Gasteiger partial charge in [0.25, 0.3) is 0 Å². The highest BCUT2D eigenvalue weighted by molar-refractivity contribution is 5.80. The first-order valence-electron chi connectivity index (χ1n) is 10.2. The number of hydrogen-bond donors (Lipinski definition) is 1. The number of nitrogens with zero attached hydrogens (tertiary/aromatic N) is 3. The minimum atomic E-state index is -4.70. The van der Waals surface area contributed by atoms with Gasteiger partial charge >= 0.3 is 6.18 Å². The summed E-state index contributed by atoms with van der Waals surface area (Å²) >= 11 is 0. The molecule has 0 unspecified atom stereocenters. The molecule has 1 fully saturated rings. The van der Waals surface area contributed by atoms with Gasteiger partial charge in [-0.25, -0.2) is 0 Å². The van der Waals surface area contributed by atoms with E-state index in [0.717, 1.165) is 10.5 Å². The van der Waals surface area contributed by atoms with Gasteiger partial charge in [-0.2, -0.15) is 18.4 Å². The lowest BCUT2D eigenvalue weighted by molar-refractivity contribution is -0.199. The molecule has 2 aromatic rings. The number of aromatic nitrogens is 1. The molecule has 1 aromatic heterocycles. The van der Waals surface area contributed by atoms with Crippen molar-refractivity contribution in [3.63, 3.8) is 0 Å². The zero-order valence-corrected chi connectivity index (χ0v) is 17.5.